The van der Waals surface area contributed by atoms with Gasteiger partial charge in [-0.1, -0.05) is 18.2 Å². The van der Waals surface area contributed by atoms with Crippen molar-refractivity contribution in [1.29, 1.82) is 0 Å². The van der Waals surface area contributed by atoms with Crippen molar-refractivity contribution < 1.29 is 31.6 Å². The molecule has 0 spiro atoms. The van der Waals surface area contributed by atoms with Crippen LogP contribution in [0.3, 0.4) is 0 Å². The Morgan fingerprint density at radius 1 is 0.806 bits per heavy atom. The van der Waals surface area contributed by atoms with Crippen LogP contribution < -0.4 is 10.0 Å². The lowest BCUT2D eigenvalue weighted by molar-refractivity contribution is 0.471. The SMILES string of the molecule is CNS(=O)(=O)c1ccc(O)c(N=Nc2c(S(=O)(=O)O)cc3cc(Nc4ccccc4)ccc3c2O)c1. The van der Waals surface area contributed by atoms with E-state index in [1.54, 1.807) is 12.1 Å². The van der Waals surface area contributed by atoms with Gasteiger partial charge in [-0.2, -0.15) is 8.42 Å². The monoisotopic (exact) mass is 528 g/mol. The van der Waals surface area contributed by atoms with Gasteiger partial charge in [-0.15, -0.1) is 10.2 Å². The summed E-state index contributed by atoms with van der Waals surface area (Å²) in [6.07, 6.45) is 0. The molecule has 0 aliphatic carbocycles. The lowest BCUT2D eigenvalue weighted by Gasteiger charge is -2.11. The number of phenols is 2. The number of nitrogens with zero attached hydrogens (tertiary/aromatic N) is 2. The highest BCUT2D eigenvalue weighted by atomic mass is 32.2. The number of hydrogen-bond donors (Lipinski definition) is 5. The zero-order chi connectivity index (χ0) is 26.1. The number of sulfonamides is 1. The van der Waals surface area contributed by atoms with E-state index in [0.717, 1.165) is 30.0 Å². The van der Waals surface area contributed by atoms with Gasteiger partial charge in [0.05, 0.1) is 4.90 Å². The van der Waals surface area contributed by atoms with Gasteiger partial charge in [0.2, 0.25) is 10.0 Å². The van der Waals surface area contributed by atoms with E-state index in [9.17, 15) is 31.6 Å². The molecule has 4 aromatic rings. The van der Waals surface area contributed by atoms with Gasteiger partial charge in [0, 0.05) is 16.8 Å². The Kier molecular flexibility index (Phi) is 6.65. The third-order valence-corrected chi connectivity index (χ3v) is 7.45. The average Bonchev–Trinajstić information content (AvgIpc) is 2.84. The highest BCUT2D eigenvalue weighted by Gasteiger charge is 2.22. The van der Waals surface area contributed by atoms with Gasteiger partial charge in [-0.25, -0.2) is 13.1 Å². The molecule has 186 valence electrons. The molecule has 36 heavy (non-hydrogen) atoms. The van der Waals surface area contributed by atoms with E-state index in [0.29, 0.717) is 5.69 Å². The summed E-state index contributed by atoms with van der Waals surface area (Å²) in [5.41, 5.74) is 0.477. The number of fused-ring (bicyclic) bond motifs is 1. The van der Waals surface area contributed by atoms with Gasteiger partial charge in [0.1, 0.15) is 22.0 Å². The number of benzene rings is 4. The summed E-state index contributed by atoms with van der Waals surface area (Å²) in [6, 6.07) is 18.3. The molecular formula is C23H20N4O7S2. The molecule has 5 N–H and O–H groups in total. The summed E-state index contributed by atoms with van der Waals surface area (Å²) < 4.78 is 60.2. The summed E-state index contributed by atoms with van der Waals surface area (Å²) in [5.74, 6) is -1.03. The predicted octanol–water partition coefficient (Wildman–Crippen LogP) is 4.56. The maximum Gasteiger partial charge on any atom is 0.296 e. The molecule has 0 amide bonds. The highest BCUT2D eigenvalue weighted by Crippen LogP contribution is 2.43. The molecule has 0 aliphatic heterocycles. The van der Waals surface area contributed by atoms with E-state index in [2.05, 4.69) is 20.3 Å². The molecule has 0 saturated heterocycles. The smallest absolute Gasteiger partial charge is 0.296 e. The maximum atomic E-state index is 12.1. The minimum atomic E-state index is -4.87. The summed E-state index contributed by atoms with van der Waals surface area (Å²) >= 11 is 0. The van der Waals surface area contributed by atoms with E-state index < -0.39 is 42.2 Å². The first kappa shape index (κ1) is 25.1. The Morgan fingerprint density at radius 2 is 1.53 bits per heavy atom. The molecule has 11 nitrogen and oxygen atoms in total. The van der Waals surface area contributed by atoms with Gasteiger partial charge in [0.25, 0.3) is 10.1 Å². The summed E-state index contributed by atoms with van der Waals surface area (Å²) in [4.78, 5) is -0.959. The van der Waals surface area contributed by atoms with E-state index in [-0.39, 0.29) is 21.4 Å². The minimum Gasteiger partial charge on any atom is -0.506 e. The Balaban J connectivity index is 1.83. The van der Waals surface area contributed by atoms with Crippen LogP contribution in [-0.2, 0) is 20.1 Å². The van der Waals surface area contributed by atoms with Crippen LogP contribution in [-0.4, -0.2) is 38.6 Å². The molecule has 0 unspecified atom stereocenters. The number of anilines is 2. The molecule has 0 atom stereocenters. The fraction of sp³-hybridized carbons (Fsp3) is 0.0435. The fourth-order valence-corrected chi connectivity index (χ4v) is 4.79. The first-order valence-electron chi connectivity index (χ1n) is 10.3. The number of para-hydroxylation sites is 1. The largest absolute Gasteiger partial charge is 0.506 e. The van der Waals surface area contributed by atoms with Crippen LogP contribution in [0.2, 0.25) is 0 Å². The van der Waals surface area contributed by atoms with E-state index >= 15 is 0 Å². The molecule has 4 aromatic carbocycles. The summed E-state index contributed by atoms with van der Waals surface area (Å²) in [5, 5.41) is 32.0. The van der Waals surface area contributed by atoms with Gasteiger partial charge >= 0.3 is 0 Å². The molecule has 0 aromatic heterocycles. The molecule has 13 heteroatoms. The van der Waals surface area contributed by atoms with Crippen molar-refractivity contribution in [3.05, 3.63) is 72.8 Å². The van der Waals surface area contributed by atoms with Crippen molar-refractivity contribution in [2.75, 3.05) is 12.4 Å². The van der Waals surface area contributed by atoms with Crippen molar-refractivity contribution in [3.8, 4) is 11.5 Å². The first-order valence-corrected chi connectivity index (χ1v) is 13.2. The second kappa shape index (κ2) is 9.54. The van der Waals surface area contributed by atoms with Crippen LogP contribution in [0.15, 0.2) is 92.8 Å². The van der Waals surface area contributed by atoms with Crippen molar-refractivity contribution in [1.82, 2.24) is 4.72 Å². The quantitative estimate of drug-likeness (QED) is 0.171. The van der Waals surface area contributed by atoms with Crippen molar-refractivity contribution in [2.45, 2.75) is 9.79 Å². The van der Waals surface area contributed by atoms with Crippen LogP contribution in [0.5, 0.6) is 11.5 Å². The van der Waals surface area contributed by atoms with Crippen molar-refractivity contribution in [3.63, 3.8) is 0 Å². The second-order valence-corrected chi connectivity index (χ2v) is 10.8. The standard InChI is InChI=1S/C23H20N4O7S2/c1-24-35(30,31)17-8-10-20(28)19(13-17)26-27-22-21(36(32,33)34)12-14-11-16(7-9-18(14)23(22)29)25-15-5-3-2-4-6-15/h2-13,24-25,28-29H,1H3,(H,32,33,34). The van der Waals surface area contributed by atoms with Crippen LogP contribution in [0.1, 0.15) is 0 Å². The lowest BCUT2D eigenvalue weighted by Crippen LogP contribution is -2.18. The number of phenolic OH excluding ortho intramolecular Hbond substituents is 2. The van der Waals surface area contributed by atoms with E-state index in [1.807, 2.05) is 30.3 Å². The molecule has 0 saturated carbocycles. The first-order chi connectivity index (χ1) is 17.0. The zero-order valence-electron chi connectivity index (χ0n) is 18.6. The molecule has 4 rings (SSSR count). The molecular weight excluding hydrogens is 508 g/mol. The minimum absolute atomic E-state index is 0.214. The van der Waals surface area contributed by atoms with Crippen LogP contribution in [0.25, 0.3) is 10.8 Å². The molecule has 0 fully saturated rings. The molecule has 0 bridgehead atoms. The second-order valence-electron chi connectivity index (χ2n) is 7.53. The number of nitrogens with one attached hydrogen (secondary N) is 2. The van der Waals surface area contributed by atoms with Crippen LogP contribution in [0, 0.1) is 0 Å². The maximum absolute atomic E-state index is 12.1. The predicted molar refractivity (Wildman–Crippen MR) is 134 cm³/mol. The Hall–Kier alpha value is -4.04. The number of aromatic hydroxyl groups is 2. The Morgan fingerprint density at radius 3 is 2.19 bits per heavy atom. The van der Waals surface area contributed by atoms with Crippen molar-refractivity contribution in [2.24, 2.45) is 10.2 Å². The molecule has 0 aliphatic rings. The lowest BCUT2D eigenvalue weighted by atomic mass is 10.1. The third kappa shape index (κ3) is 5.13. The zero-order valence-corrected chi connectivity index (χ0v) is 20.2. The van der Waals surface area contributed by atoms with E-state index in [4.69, 9.17) is 0 Å². The summed E-state index contributed by atoms with van der Waals surface area (Å²) in [7, 11) is -7.54. The van der Waals surface area contributed by atoms with Crippen LogP contribution in [0.4, 0.5) is 22.7 Å². The summed E-state index contributed by atoms with van der Waals surface area (Å²) in [6.45, 7) is 0. The Bertz CT molecular complexity index is 1710. The average molecular weight is 529 g/mol. The van der Waals surface area contributed by atoms with Gasteiger partial charge < -0.3 is 15.5 Å². The van der Waals surface area contributed by atoms with Gasteiger partial charge in [-0.3, -0.25) is 4.55 Å². The van der Waals surface area contributed by atoms with Crippen LogP contribution >= 0.6 is 0 Å². The fourth-order valence-electron chi connectivity index (χ4n) is 3.38. The topological polar surface area (TPSA) is 178 Å². The number of rotatable bonds is 7. The normalized spacial score (nSPS) is 12.3. The molecule has 0 radical (unpaired) electrons. The van der Waals surface area contributed by atoms with Gasteiger partial charge in [0.15, 0.2) is 5.75 Å². The highest BCUT2D eigenvalue weighted by molar-refractivity contribution is 7.89. The Labute approximate surface area is 206 Å². The van der Waals surface area contributed by atoms with E-state index in [1.165, 1.54) is 13.1 Å². The van der Waals surface area contributed by atoms with Crippen molar-refractivity contribution >= 4 is 53.7 Å². The third-order valence-electron chi connectivity index (χ3n) is 5.17. The molecule has 0 heterocycles. The van der Waals surface area contributed by atoms with Gasteiger partial charge in [-0.05, 0) is 67.0 Å². The number of azo groups is 1. The number of hydrogen-bond acceptors (Lipinski definition) is 9.